The minimum Gasteiger partial charge on any atom is -0.478 e. The van der Waals surface area contributed by atoms with Crippen molar-refractivity contribution in [2.45, 2.75) is 12.8 Å². The number of amides is 1. The average molecular weight is 467 g/mol. The highest BCUT2D eigenvalue weighted by molar-refractivity contribution is 5.90. The van der Waals surface area contributed by atoms with Crippen molar-refractivity contribution in [3.8, 4) is 23.5 Å². The molecule has 1 fully saturated rings. The Morgan fingerprint density at radius 3 is 2.17 bits per heavy atom. The van der Waals surface area contributed by atoms with Crippen LogP contribution >= 0.6 is 0 Å². The molecule has 0 atom stereocenters. The van der Waals surface area contributed by atoms with Crippen LogP contribution in [0.5, 0.6) is 0 Å². The van der Waals surface area contributed by atoms with Gasteiger partial charge in [-0.1, -0.05) is 54.5 Å². The number of benzene rings is 3. The minimum atomic E-state index is -1.01. The summed E-state index contributed by atoms with van der Waals surface area (Å²) in [5, 5.41) is 9.45. The van der Waals surface area contributed by atoms with Gasteiger partial charge in [0.15, 0.2) is 0 Å². The van der Waals surface area contributed by atoms with Crippen molar-refractivity contribution >= 4 is 17.7 Å². The second-order valence-electron chi connectivity index (χ2n) is 8.90. The number of carbonyl (C=O) groups is 2. The number of hydrogen-bond donors (Lipinski definition) is 1. The maximum atomic E-state index is 12.9. The van der Waals surface area contributed by atoms with Crippen molar-refractivity contribution in [3.63, 3.8) is 0 Å². The number of carboxylic acids is 1. The van der Waals surface area contributed by atoms with E-state index in [0.29, 0.717) is 38.3 Å². The number of terminal acetylenes is 1. The molecule has 0 radical (unpaired) electrons. The third-order valence-corrected chi connectivity index (χ3v) is 7.00. The molecule has 1 N–H and O–H groups in total. The third-order valence-electron chi connectivity index (χ3n) is 7.00. The van der Waals surface area contributed by atoms with Crippen LogP contribution in [0.15, 0.2) is 60.7 Å². The standard InChI is InChI=1S/C29H26N2O4/c1-3-20-16-21(28(32)33)17-27(19(20)2)30-12-14-31(15-13-30)29(34)35-18-26-24-10-6-4-8-22(24)23-9-5-7-11-25(23)26/h1,4-11,16-17,26H,12-15,18H2,2H3,(H,32,33). The predicted molar refractivity (Wildman–Crippen MR) is 135 cm³/mol. The molecular formula is C29H26N2O4. The van der Waals surface area contributed by atoms with Crippen LogP contribution in [0.4, 0.5) is 10.5 Å². The molecule has 1 aliphatic heterocycles. The zero-order valence-corrected chi connectivity index (χ0v) is 19.5. The Bertz CT molecular complexity index is 1300. The normalized spacial score (nSPS) is 14.7. The lowest BCUT2D eigenvalue weighted by Crippen LogP contribution is -2.49. The summed E-state index contributed by atoms with van der Waals surface area (Å²) >= 11 is 0. The molecule has 3 aromatic carbocycles. The smallest absolute Gasteiger partial charge is 0.409 e. The quantitative estimate of drug-likeness (QED) is 0.562. The highest BCUT2D eigenvalue weighted by Gasteiger charge is 2.30. The number of carboxylic acid groups (broad SMARTS) is 1. The van der Waals surface area contributed by atoms with E-state index in [9.17, 15) is 14.7 Å². The first-order valence-electron chi connectivity index (χ1n) is 11.7. The van der Waals surface area contributed by atoms with E-state index in [1.165, 1.54) is 28.3 Å². The van der Waals surface area contributed by atoms with Crippen molar-refractivity contribution in [3.05, 3.63) is 88.5 Å². The molecule has 5 rings (SSSR count). The Labute approximate surface area is 204 Å². The van der Waals surface area contributed by atoms with Crippen LogP contribution in [0, 0.1) is 19.3 Å². The van der Waals surface area contributed by atoms with Gasteiger partial charge in [0.25, 0.3) is 0 Å². The molecule has 1 amide bonds. The molecule has 6 nitrogen and oxygen atoms in total. The van der Waals surface area contributed by atoms with Crippen LogP contribution in [0.1, 0.15) is 38.5 Å². The van der Waals surface area contributed by atoms with Gasteiger partial charge in [-0.05, 0) is 46.9 Å². The summed E-state index contributed by atoms with van der Waals surface area (Å²) in [6, 6.07) is 19.7. The van der Waals surface area contributed by atoms with Crippen molar-refractivity contribution in [2.24, 2.45) is 0 Å². The lowest BCUT2D eigenvalue weighted by Gasteiger charge is -2.36. The van der Waals surface area contributed by atoms with Crippen LogP contribution in [0.3, 0.4) is 0 Å². The van der Waals surface area contributed by atoms with Crippen molar-refractivity contribution in [1.82, 2.24) is 4.90 Å². The molecule has 1 heterocycles. The molecule has 0 unspecified atom stereocenters. The summed E-state index contributed by atoms with van der Waals surface area (Å²) < 4.78 is 5.80. The molecule has 0 bridgehead atoms. The fourth-order valence-electron chi connectivity index (χ4n) is 5.12. The number of aromatic carboxylic acids is 1. The number of carbonyl (C=O) groups excluding carboxylic acids is 1. The van der Waals surface area contributed by atoms with Gasteiger partial charge in [-0.25, -0.2) is 9.59 Å². The number of hydrogen-bond acceptors (Lipinski definition) is 4. The lowest BCUT2D eigenvalue weighted by atomic mass is 9.98. The molecule has 1 aliphatic carbocycles. The van der Waals surface area contributed by atoms with E-state index in [-0.39, 0.29) is 17.6 Å². The van der Waals surface area contributed by atoms with Gasteiger partial charge in [0, 0.05) is 43.3 Å². The summed E-state index contributed by atoms with van der Waals surface area (Å²) in [6.07, 6.45) is 5.27. The van der Waals surface area contributed by atoms with Gasteiger partial charge < -0.3 is 19.6 Å². The van der Waals surface area contributed by atoms with Crippen molar-refractivity contribution in [2.75, 3.05) is 37.7 Å². The number of fused-ring (bicyclic) bond motifs is 3. The van der Waals surface area contributed by atoms with Crippen LogP contribution in [0.25, 0.3) is 11.1 Å². The Balaban J connectivity index is 1.25. The second kappa shape index (κ2) is 9.19. The second-order valence-corrected chi connectivity index (χ2v) is 8.90. The number of piperazine rings is 1. The Morgan fingerprint density at radius 1 is 1.00 bits per heavy atom. The summed E-state index contributed by atoms with van der Waals surface area (Å²) in [6.45, 7) is 4.29. The fourth-order valence-corrected chi connectivity index (χ4v) is 5.12. The van der Waals surface area contributed by atoms with Crippen molar-refractivity contribution in [1.29, 1.82) is 0 Å². The zero-order chi connectivity index (χ0) is 24.5. The topological polar surface area (TPSA) is 70.1 Å². The summed E-state index contributed by atoms with van der Waals surface area (Å²) in [5.41, 5.74) is 7.16. The van der Waals surface area contributed by atoms with E-state index in [1.54, 1.807) is 11.0 Å². The molecule has 6 heteroatoms. The molecule has 1 saturated heterocycles. The van der Waals surface area contributed by atoms with Gasteiger partial charge in [0.2, 0.25) is 0 Å². The van der Waals surface area contributed by atoms with Gasteiger partial charge in [0.1, 0.15) is 6.61 Å². The van der Waals surface area contributed by atoms with E-state index in [4.69, 9.17) is 11.2 Å². The SMILES string of the molecule is C#Cc1cc(C(=O)O)cc(N2CCN(C(=O)OCC3c4ccccc4-c4ccccc43)CC2)c1C. The monoisotopic (exact) mass is 466 g/mol. The molecule has 0 saturated carbocycles. The van der Waals surface area contributed by atoms with Gasteiger partial charge >= 0.3 is 12.1 Å². The van der Waals surface area contributed by atoms with E-state index in [2.05, 4.69) is 35.1 Å². The van der Waals surface area contributed by atoms with Gasteiger partial charge in [-0.15, -0.1) is 6.42 Å². The van der Waals surface area contributed by atoms with Crippen LogP contribution in [-0.4, -0.2) is 54.9 Å². The molecule has 0 spiro atoms. The number of nitrogens with zero attached hydrogens (tertiary/aromatic N) is 2. The lowest BCUT2D eigenvalue weighted by molar-refractivity contribution is 0.0696. The number of ether oxygens (including phenoxy) is 1. The van der Waals surface area contributed by atoms with E-state index in [1.807, 2.05) is 31.2 Å². The molecule has 176 valence electrons. The Kier molecular flexibility index (Phi) is 5.92. The highest BCUT2D eigenvalue weighted by atomic mass is 16.6. The van der Waals surface area contributed by atoms with Crippen LogP contribution < -0.4 is 4.90 Å². The van der Waals surface area contributed by atoms with Crippen LogP contribution in [0.2, 0.25) is 0 Å². The first-order chi connectivity index (χ1) is 17.0. The molecule has 35 heavy (non-hydrogen) atoms. The van der Waals surface area contributed by atoms with Gasteiger partial charge in [-0.3, -0.25) is 0 Å². The van der Waals surface area contributed by atoms with E-state index < -0.39 is 5.97 Å². The fraction of sp³-hybridized carbons (Fsp3) is 0.241. The summed E-state index contributed by atoms with van der Waals surface area (Å²) in [4.78, 5) is 28.2. The molecule has 2 aliphatic rings. The Hall–Kier alpha value is -4.24. The Morgan fingerprint density at radius 2 is 1.60 bits per heavy atom. The van der Waals surface area contributed by atoms with Crippen molar-refractivity contribution < 1.29 is 19.4 Å². The molecule has 0 aromatic heterocycles. The summed E-state index contributed by atoms with van der Waals surface area (Å²) in [5.74, 6) is 1.59. The maximum absolute atomic E-state index is 12.9. The molecular weight excluding hydrogens is 440 g/mol. The van der Waals surface area contributed by atoms with Gasteiger partial charge in [-0.2, -0.15) is 0 Å². The predicted octanol–water partition coefficient (Wildman–Crippen LogP) is 4.75. The van der Waals surface area contributed by atoms with E-state index >= 15 is 0 Å². The molecule has 3 aromatic rings. The summed E-state index contributed by atoms with van der Waals surface area (Å²) in [7, 11) is 0. The van der Waals surface area contributed by atoms with Crippen LogP contribution in [-0.2, 0) is 4.74 Å². The van der Waals surface area contributed by atoms with E-state index in [0.717, 1.165) is 11.3 Å². The number of anilines is 1. The average Bonchev–Trinajstić information content (AvgIpc) is 3.21. The third kappa shape index (κ3) is 4.10. The first kappa shape index (κ1) is 22.5. The minimum absolute atomic E-state index is 0.0243. The zero-order valence-electron chi connectivity index (χ0n) is 19.5. The maximum Gasteiger partial charge on any atom is 0.409 e. The largest absolute Gasteiger partial charge is 0.478 e. The highest BCUT2D eigenvalue weighted by Crippen LogP contribution is 2.44. The number of rotatable bonds is 4. The first-order valence-corrected chi connectivity index (χ1v) is 11.7. The van der Waals surface area contributed by atoms with Gasteiger partial charge in [0.05, 0.1) is 5.56 Å².